The van der Waals surface area contributed by atoms with Crippen molar-refractivity contribution in [2.45, 2.75) is 32.4 Å². The van der Waals surface area contributed by atoms with E-state index in [0.29, 0.717) is 19.1 Å². The van der Waals surface area contributed by atoms with Crippen molar-refractivity contribution in [3.63, 3.8) is 0 Å². The second-order valence-electron chi connectivity index (χ2n) is 7.08. The Labute approximate surface area is 164 Å². The summed E-state index contributed by atoms with van der Waals surface area (Å²) >= 11 is 0. The minimum Gasteiger partial charge on any atom is -0.434 e. The molecule has 150 valence electrons. The van der Waals surface area contributed by atoms with Crippen molar-refractivity contribution >= 4 is 5.91 Å². The van der Waals surface area contributed by atoms with Crippen molar-refractivity contribution in [1.29, 1.82) is 0 Å². The van der Waals surface area contributed by atoms with Crippen LogP contribution in [0.15, 0.2) is 54.6 Å². The zero-order chi connectivity index (χ0) is 19.9. The Balaban J connectivity index is 1.53. The van der Waals surface area contributed by atoms with E-state index in [2.05, 4.69) is 40.8 Å². The Morgan fingerprint density at radius 3 is 2.32 bits per heavy atom. The molecule has 0 spiro atoms. The van der Waals surface area contributed by atoms with Crippen molar-refractivity contribution < 1.29 is 18.3 Å². The molecule has 1 aliphatic rings. The van der Waals surface area contributed by atoms with Gasteiger partial charge in [-0.2, -0.15) is 8.78 Å². The highest BCUT2D eigenvalue weighted by molar-refractivity contribution is 5.97. The lowest BCUT2D eigenvalue weighted by Crippen LogP contribution is -2.51. The van der Waals surface area contributed by atoms with E-state index in [1.165, 1.54) is 17.7 Å². The van der Waals surface area contributed by atoms with Gasteiger partial charge in [-0.15, -0.1) is 0 Å². The summed E-state index contributed by atoms with van der Waals surface area (Å²) in [6.45, 7) is 1.98. The molecule has 0 aliphatic carbocycles. The normalized spacial score (nSPS) is 16.2. The van der Waals surface area contributed by atoms with Crippen molar-refractivity contribution in [2.24, 2.45) is 0 Å². The molecule has 1 fully saturated rings. The van der Waals surface area contributed by atoms with Gasteiger partial charge in [0.2, 0.25) is 0 Å². The van der Waals surface area contributed by atoms with Crippen molar-refractivity contribution in [2.75, 3.05) is 26.2 Å². The van der Waals surface area contributed by atoms with E-state index in [4.69, 9.17) is 0 Å². The fraction of sp³-hybridized carbons (Fsp3) is 0.409. The van der Waals surface area contributed by atoms with Crippen molar-refractivity contribution in [3.8, 4) is 5.75 Å². The number of alkyl halides is 2. The molecule has 28 heavy (non-hydrogen) atoms. The molecule has 3 rings (SSSR count). The number of rotatable bonds is 7. The fourth-order valence-electron chi connectivity index (χ4n) is 3.58. The fourth-order valence-corrected chi connectivity index (χ4v) is 3.58. The van der Waals surface area contributed by atoms with Gasteiger partial charge in [0.25, 0.3) is 5.91 Å². The standard InChI is InChI=1S/C22H26F2N2O2/c1-17(11-12-18-7-3-2-4-8-18)25-13-15-26(16-14-25)21(27)19-9-5-6-10-20(19)28-22(23)24/h2-10,17,22H,11-16H2,1H3. The third kappa shape index (κ3) is 5.29. The average molecular weight is 388 g/mol. The quantitative estimate of drug-likeness (QED) is 0.717. The third-order valence-electron chi connectivity index (χ3n) is 5.25. The van der Waals surface area contributed by atoms with Crippen molar-refractivity contribution in [3.05, 3.63) is 65.7 Å². The molecule has 0 N–H and O–H groups in total. The van der Waals surface area contributed by atoms with Gasteiger partial charge in [0.15, 0.2) is 0 Å². The molecule has 1 unspecified atom stereocenters. The summed E-state index contributed by atoms with van der Waals surface area (Å²) in [6, 6.07) is 17.0. The van der Waals surface area contributed by atoms with Crippen LogP contribution in [-0.2, 0) is 6.42 Å². The molecule has 1 heterocycles. The molecule has 1 amide bonds. The number of ether oxygens (including phenoxy) is 1. The number of benzene rings is 2. The van der Waals surface area contributed by atoms with Gasteiger partial charge in [0, 0.05) is 32.2 Å². The largest absolute Gasteiger partial charge is 0.434 e. The maximum Gasteiger partial charge on any atom is 0.387 e. The lowest BCUT2D eigenvalue weighted by Gasteiger charge is -2.38. The Morgan fingerprint density at radius 1 is 1.00 bits per heavy atom. The van der Waals surface area contributed by atoms with Crippen LogP contribution in [0.5, 0.6) is 5.75 Å². The van der Waals surface area contributed by atoms with Crippen LogP contribution in [0.25, 0.3) is 0 Å². The van der Waals surface area contributed by atoms with Crippen LogP contribution in [0.4, 0.5) is 8.78 Å². The second kappa shape index (κ2) is 9.64. The number of halogens is 2. The molecule has 2 aromatic rings. The van der Waals surface area contributed by atoms with E-state index < -0.39 is 6.61 Å². The number of para-hydroxylation sites is 1. The van der Waals surface area contributed by atoms with Crippen LogP contribution in [-0.4, -0.2) is 54.5 Å². The van der Waals surface area contributed by atoms with Crippen LogP contribution in [0, 0.1) is 0 Å². The van der Waals surface area contributed by atoms with Crippen LogP contribution in [0.1, 0.15) is 29.3 Å². The maximum atomic E-state index is 12.8. The van der Waals surface area contributed by atoms with Gasteiger partial charge in [-0.3, -0.25) is 9.69 Å². The first-order valence-electron chi connectivity index (χ1n) is 9.65. The van der Waals surface area contributed by atoms with E-state index in [1.54, 1.807) is 17.0 Å². The molecular formula is C22H26F2N2O2. The Morgan fingerprint density at radius 2 is 1.64 bits per heavy atom. The van der Waals surface area contributed by atoms with E-state index in [0.717, 1.165) is 25.9 Å². The first-order valence-corrected chi connectivity index (χ1v) is 9.65. The zero-order valence-corrected chi connectivity index (χ0v) is 16.1. The van der Waals surface area contributed by atoms with E-state index in [1.807, 2.05) is 6.07 Å². The van der Waals surface area contributed by atoms with E-state index in [-0.39, 0.29) is 17.2 Å². The second-order valence-corrected chi connectivity index (χ2v) is 7.08. The number of aryl methyl sites for hydroxylation is 1. The Hall–Kier alpha value is -2.47. The summed E-state index contributed by atoms with van der Waals surface area (Å²) in [4.78, 5) is 16.9. The van der Waals surface area contributed by atoms with Gasteiger partial charge < -0.3 is 9.64 Å². The SMILES string of the molecule is CC(CCc1ccccc1)N1CCN(C(=O)c2ccccc2OC(F)F)CC1. The van der Waals surface area contributed by atoms with Gasteiger partial charge in [0.1, 0.15) is 5.75 Å². The Bertz CT molecular complexity index is 762. The lowest BCUT2D eigenvalue weighted by atomic mass is 10.0. The number of piperazine rings is 1. The third-order valence-corrected chi connectivity index (χ3v) is 5.25. The molecule has 0 bridgehead atoms. The summed E-state index contributed by atoms with van der Waals surface area (Å²) in [7, 11) is 0. The summed E-state index contributed by atoms with van der Waals surface area (Å²) in [5, 5.41) is 0. The molecule has 6 heteroatoms. The maximum absolute atomic E-state index is 12.8. The molecule has 0 saturated carbocycles. The lowest BCUT2D eigenvalue weighted by molar-refractivity contribution is -0.0503. The average Bonchev–Trinajstić information content (AvgIpc) is 2.72. The molecule has 1 atom stereocenters. The predicted molar refractivity (Wildman–Crippen MR) is 105 cm³/mol. The zero-order valence-electron chi connectivity index (χ0n) is 16.1. The topological polar surface area (TPSA) is 32.8 Å². The van der Waals surface area contributed by atoms with Crippen LogP contribution >= 0.6 is 0 Å². The highest BCUT2D eigenvalue weighted by Gasteiger charge is 2.26. The minimum atomic E-state index is -2.95. The summed E-state index contributed by atoms with van der Waals surface area (Å²) in [5.74, 6) is -0.325. The van der Waals surface area contributed by atoms with Gasteiger partial charge in [-0.25, -0.2) is 0 Å². The summed E-state index contributed by atoms with van der Waals surface area (Å²) in [5.41, 5.74) is 1.52. The highest BCUT2D eigenvalue weighted by Crippen LogP contribution is 2.23. The predicted octanol–water partition coefficient (Wildman–Crippen LogP) is 4.07. The first-order chi connectivity index (χ1) is 13.5. The number of hydrogen-bond donors (Lipinski definition) is 0. The smallest absolute Gasteiger partial charge is 0.387 e. The monoisotopic (exact) mass is 388 g/mol. The first kappa shape index (κ1) is 20.3. The molecule has 0 radical (unpaired) electrons. The van der Waals surface area contributed by atoms with Crippen molar-refractivity contribution in [1.82, 2.24) is 9.80 Å². The van der Waals surface area contributed by atoms with Gasteiger partial charge >= 0.3 is 6.61 Å². The number of carbonyl (C=O) groups excluding carboxylic acids is 1. The van der Waals surface area contributed by atoms with Gasteiger partial charge in [-0.05, 0) is 37.5 Å². The van der Waals surface area contributed by atoms with Crippen LogP contribution in [0.2, 0.25) is 0 Å². The van der Waals surface area contributed by atoms with Gasteiger partial charge in [0.05, 0.1) is 5.56 Å². The molecule has 4 nitrogen and oxygen atoms in total. The number of carbonyl (C=O) groups is 1. The molecular weight excluding hydrogens is 362 g/mol. The number of amides is 1. The van der Waals surface area contributed by atoms with Gasteiger partial charge in [-0.1, -0.05) is 42.5 Å². The highest BCUT2D eigenvalue weighted by atomic mass is 19.3. The molecule has 2 aromatic carbocycles. The summed E-state index contributed by atoms with van der Waals surface area (Å²) < 4.78 is 29.7. The Kier molecular flexibility index (Phi) is 6.98. The van der Waals surface area contributed by atoms with Crippen LogP contribution in [0.3, 0.4) is 0 Å². The molecule has 1 saturated heterocycles. The van der Waals surface area contributed by atoms with Crippen LogP contribution < -0.4 is 4.74 Å². The summed E-state index contributed by atoms with van der Waals surface area (Å²) in [6.07, 6.45) is 2.09. The minimum absolute atomic E-state index is 0.0684. The molecule has 0 aromatic heterocycles. The number of nitrogens with zero attached hydrogens (tertiary/aromatic N) is 2. The number of hydrogen-bond acceptors (Lipinski definition) is 3. The van der Waals surface area contributed by atoms with E-state index >= 15 is 0 Å². The van der Waals surface area contributed by atoms with E-state index in [9.17, 15) is 13.6 Å². The molecule has 1 aliphatic heterocycles.